The molecule has 0 spiro atoms. The van der Waals surface area contributed by atoms with E-state index >= 15 is 0 Å². The summed E-state index contributed by atoms with van der Waals surface area (Å²) in [6, 6.07) is 0. The van der Waals surface area contributed by atoms with E-state index in [1.54, 1.807) is 0 Å². The second kappa shape index (κ2) is 35.2. The summed E-state index contributed by atoms with van der Waals surface area (Å²) >= 11 is 0. The normalized spacial score (nSPS) is 12.2. The third-order valence-electron chi connectivity index (χ3n) is 16.4. The molecule has 0 fully saturated rings. The molecule has 0 rings (SSSR count). The van der Waals surface area contributed by atoms with Crippen molar-refractivity contribution in [1.29, 1.82) is 0 Å². The quantitative estimate of drug-likeness (QED) is 0.0235. The van der Waals surface area contributed by atoms with Gasteiger partial charge in [-0.25, -0.2) is 0 Å². The van der Waals surface area contributed by atoms with Gasteiger partial charge in [-0.2, -0.15) is 0 Å². The molecule has 0 unspecified atom stereocenters. The zero-order chi connectivity index (χ0) is 64.9. The predicted molar refractivity (Wildman–Crippen MR) is 280 cm³/mol. The van der Waals surface area contributed by atoms with Crippen molar-refractivity contribution in [3.05, 3.63) is 0 Å². The number of hydrogen-bond donors (Lipinski definition) is 15. The predicted octanol–water partition coefficient (Wildman–Crippen LogP) is 6.27. The van der Waals surface area contributed by atoms with E-state index in [2.05, 4.69) is 0 Å². The summed E-state index contributed by atoms with van der Waals surface area (Å²) < 4.78 is 0. The maximum Gasteiger partial charge on any atom is 0.321 e. The minimum atomic E-state index is -2.46. The zero-order valence-electron chi connectivity index (χ0n) is 46.5. The molecular formula is C54H80O30. The molecule has 0 aliphatic heterocycles. The number of rotatable bonds is 53. The Morgan fingerprint density at radius 3 is 0.476 bits per heavy atom. The summed E-state index contributed by atoms with van der Waals surface area (Å²) in [5, 5.41) is 147. The Morgan fingerprint density at radius 2 is 0.345 bits per heavy atom. The zero-order valence-corrected chi connectivity index (χ0v) is 46.5. The van der Waals surface area contributed by atoms with Crippen LogP contribution in [0.25, 0.3) is 0 Å². The maximum absolute atomic E-state index is 12.5. The molecule has 0 bridgehead atoms. The molecule has 0 saturated heterocycles. The van der Waals surface area contributed by atoms with Gasteiger partial charge in [0.1, 0.15) is 0 Å². The van der Waals surface area contributed by atoms with E-state index in [9.17, 15) is 133 Å². The fourth-order valence-electron chi connectivity index (χ4n) is 10.6. The monoisotopic (exact) mass is 1210 g/mol. The van der Waals surface area contributed by atoms with Gasteiger partial charge in [0.15, 0.2) is 38.4 Å². The first-order chi connectivity index (χ1) is 39.0. The molecule has 0 aromatic rings. The third-order valence-corrected chi connectivity index (χ3v) is 16.4. The van der Waals surface area contributed by atoms with Crippen molar-refractivity contribution in [2.75, 3.05) is 0 Å². The summed E-state index contributed by atoms with van der Waals surface area (Å²) in [5.41, 5.74) is -14.4. The SMILES string of the molecule is O=C(O)CCC(CCCCCC(CCCCCC(CCCCCC(CCCCCC(CCCCCC(CCCCCC(C(=O)O)C(=O)O)(C(=O)O)C(=O)O)(C(=O)O)C(=O)O)(C(=O)O)C(=O)O)(C(=O)O)C(=O)O)(C(=O)O)C(=O)O)(C(=O)O)C(=O)O. The van der Waals surface area contributed by atoms with Crippen LogP contribution in [0.5, 0.6) is 0 Å². The number of aliphatic carboxylic acids is 15. The average molecular weight is 1210 g/mol. The fraction of sp³-hybridized carbons (Fsp3) is 0.722. The van der Waals surface area contributed by atoms with Crippen LogP contribution in [0.4, 0.5) is 0 Å². The number of carboxylic acids is 15. The van der Waals surface area contributed by atoms with Crippen molar-refractivity contribution in [2.24, 2.45) is 38.4 Å². The maximum atomic E-state index is 12.5. The van der Waals surface area contributed by atoms with Gasteiger partial charge in [0, 0.05) is 6.42 Å². The minimum absolute atomic E-state index is 0.0146. The molecular weight excluding hydrogens is 1130 g/mol. The smallest absolute Gasteiger partial charge is 0.321 e. The third kappa shape index (κ3) is 21.0. The van der Waals surface area contributed by atoms with Crippen LogP contribution in [0.1, 0.15) is 205 Å². The van der Waals surface area contributed by atoms with Gasteiger partial charge in [-0.05, 0) is 83.5 Å². The van der Waals surface area contributed by atoms with Gasteiger partial charge < -0.3 is 76.6 Å². The van der Waals surface area contributed by atoms with Crippen molar-refractivity contribution in [3.63, 3.8) is 0 Å². The molecule has 0 radical (unpaired) electrons. The molecule has 0 saturated carbocycles. The van der Waals surface area contributed by atoms with Crippen LogP contribution in [0.2, 0.25) is 0 Å². The Labute approximate surface area is 480 Å². The van der Waals surface area contributed by atoms with E-state index in [-0.39, 0.29) is 122 Å². The van der Waals surface area contributed by atoms with Gasteiger partial charge >= 0.3 is 89.5 Å². The Kier molecular flexibility index (Phi) is 31.9. The van der Waals surface area contributed by atoms with Crippen LogP contribution in [-0.2, 0) is 71.9 Å². The molecule has 30 nitrogen and oxygen atoms in total. The molecule has 0 amide bonds. The van der Waals surface area contributed by atoms with Crippen LogP contribution in [-0.4, -0.2) is 166 Å². The van der Waals surface area contributed by atoms with Crippen LogP contribution in [0.3, 0.4) is 0 Å². The summed E-state index contributed by atoms with van der Waals surface area (Å²) in [7, 11) is 0. The largest absolute Gasteiger partial charge is 0.481 e. The molecule has 0 aliphatic rings. The first-order valence-corrected chi connectivity index (χ1v) is 27.5. The topological polar surface area (TPSA) is 560 Å². The van der Waals surface area contributed by atoms with Crippen molar-refractivity contribution in [3.8, 4) is 0 Å². The molecule has 84 heavy (non-hydrogen) atoms. The average Bonchev–Trinajstić information content (AvgIpc) is 3.40. The highest BCUT2D eigenvalue weighted by molar-refractivity contribution is 6.01. The molecule has 0 aromatic heterocycles. The first kappa shape index (κ1) is 76.0. The van der Waals surface area contributed by atoms with E-state index in [0.717, 1.165) is 0 Å². The van der Waals surface area contributed by atoms with E-state index in [1.165, 1.54) is 0 Å². The highest BCUT2D eigenvalue weighted by Crippen LogP contribution is 2.41. The molecule has 0 aliphatic carbocycles. The standard InChI is InChI=1S/C54H80O30/c55-34(56)20-32-54(47(81)82,48(83)84)31-18-6-17-30-53(45(77)78,46(79)80)29-16-5-15-28-52(43(73)74,44(75)76)27-14-4-13-26-51(41(69)70,42(71)72)25-12-3-11-24-50(39(65)66,40(67)68)23-10-2-9-22-49(37(61)62,38(63)64)21-8-1-7-19-33(35(57)58)36(59)60/h33H,1-32H2,(H,55,56)(H,57,58)(H,59,60)(H,61,62)(H,63,64)(H,65,66)(H,67,68)(H,69,70)(H,71,72)(H,73,74)(H,75,76)(H,77,78)(H,79,80)(H,81,82)(H,83,84). The lowest BCUT2D eigenvalue weighted by atomic mass is 9.74. The molecule has 0 aromatic carbocycles. The fourth-order valence-corrected chi connectivity index (χ4v) is 10.6. The lowest BCUT2D eigenvalue weighted by Crippen LogP contribution is -2.40. The number of hydrogen-bond acceptors (Lipinski definition) is 15. The second-order valence-electron chi connectivity index (χ2n) is 21.7. The van der Waals surface area contributed by atoms with Crippen molar-refractivity contribution >= 4 is 89.5 Å². The van der Waals surface area contributed by atoms with Crippen LogP contribution < -0.4 is 0 Å². The summed E-state index contributed by atoms with van der Waals surface area (Å²) in [6.45, 7) is 0. The molecule has 15 N–H and O–H groups in total. The summed E-state index contributed by atoms with van der Waals surface area (Å²) in [4.78, 5) is 181. The number of carbonyl (C=O) groups is 15. The van der Waals surface area contributed by atoms with E-state index in [0.29, 0.717) is 0 Å². The van der Waals surface area contributed by atoms with E-state index in [1.807, 2.05) is 0 Å². The first-order valence-electron chi connectivity index (χ1n) is 27.5. The molecule has 0 atom stereocenters. The minimum Gasteiger partial charge on any atom is -0.481 e. The van der Waals surface area contributed by atoms with Gasteiger partial charge in [-0.3, -0.25) is 71.9 Å². The summed E-state index contributed by atoms with van der Waals surface area (Å²) in [5.74, 6) is -27.2. The highest BCUT2D eigenvalue weighted by atomic mass is 16.4. The Morgan fingerprint density at radius 1 is 0.202 bits per heavy atom. The lowest BCUT2D eigenvalue weighted by Gasteiger charge is -2.27. The Balaban J connectivity index is 5.64. The van der Waals surface area contributed by atoms with E-state index in [4.69, 9.17) is 15.3 Å². The van der Waals surface area contributed by atoms with Gasteiger partial charge in [0.05, 0.1) is 0 Å². The second-order valence-corrected chi connectivity index (χ2v) is 21.7. The highest BCUT2D eigenvalue weighted by Gasteiger charge is 2.51. The van der Waals surface area contributed by atoms with E-state index < -0.39 is 211 Å². The van der Waals surface area contributed by atoms with Gasteiger partial charge in [0.2, 0.25) is 0 Å². The van der Waals surface area contributed by atoms with Gasteiger partial charge in [0.25, 0.3) is 0 Å². The van der Waals surface area contributed by atoms with Crippen LogP contribution >= 0.6 is 0 Å². The lowest BCUT2D eigenvalue weighted by molar-refractivity contribution is -0.168. The van der Waals surface area contributed by atoms with Crippen LogP contribution in [0.15, 0.2) is 0 Å². The van der Waals surface area contributed by atoms with Gasteiger partial charge in [-0.15, -0.1) is 0 Å². The summed E-state index contributed by atoms with van der Waals surface area (Å²) in [6.07, 6.45) is -8.93. The van der Waals surface area contributed by atoms with Crippen molar-refractivity contribution in [1.82, 2.24) is 0 Å². The Bertz CT molecular complexity index is 2270. The number of unbranched alkanes of at least 4 members (excludes halogenated alkanes) is 12. The van der Waals surface area contributed by atoms with Gasteiger partial charge in [-0.1, -0.05) is 116 Å². The van der Waals surface area contributed by atoms with Crippen molar-refractivity contribution < 1.29 is 149 Å². The molecule has 30 heteroatoms. The Hall–Kier alpha value is -7.95. The number of carboxylic acid groups (broad SMARTS) is 15. The van der Waals surface area contributed by atoms with Crippen molar-refractivity contribution in [2.45, 2.75) is 205 Å². The molecule has 476 valence electrons. The molecule has 0 heterocycles. The van der Waals surface area contributed by atoms with Crippen LogP contribution in [0, 0.1) is 38.4 Å².